The summed E-state index contributed by atoms with van der Waals surface area (Å²) in [6.07, 6.45) is -0.317. The standard InChI is InChI=1S/C24H26ClN3O4/c1-4-21(24(30)26-15-17-7-10-19(11-8-17)31-5-2)32-22-12-13-23(29)28(27-22)20-14-18(25)9-6-16(20)3/h6-14,21H,4-5,15H2,1-3H3,(H,26,30)/t21-/m0/s1. The van der Waals surface area contributed by atoms with Crippen LogP contribution in [0.3, 0.4) is 0 Å². The van der Waals surface area contributed by atoms with Crippen LogP contribution in [0.1, 0.15) is 31.4 Å². The maximum absolute atomic E-state index is 12.7. The number of hydrogen-bond acceptors (Lipinski definition) is 5. The van der Waals surface area contributed by atoms with Crippen molar-refractivity contribution in [3.05, 3.63) is 81.1 Å². The average molecular weight is 456 g/mol. The van der Waals surface area contributed by atoms with Gasteiger partial charge in [-0.1, -0.05) is 36.7 Å². The summed E-state index contributed by atoms with van der Waals surface area (Å²) in [6.45, 7) is 6.59. The monoisotopic (exact) mass is 455 g/mol. The van der Waals surface area contributed by atoms with Gasteiger partial charge in [-0.15, -0.1) is 5.10 Å². The fourth-order valence-corrected chi connectivity index (χ4v) is 3.25. The largest absolute Gasteiger partial charge is 0.494 e. The second kappa shape index (κ2) is 10.8. The average Bonchev–Trinajstić information content (AvgIpc) is 2.79. The van der Waals surface area contributed by atoms with Crippen molar-refractivity contribution in [1.29, 1.82) is 0 Å². The van der Waals surface area contributed by atoms with Crippen LogP contribution in [0, 0.1) is 6.92 Å². The summed E-state index contributed by atoms with van der Waals surface area (Å²) in [4.78, 5) is 25.0. The van der Waals surface area contributed by atoms with Gasteiger partial charge in [-0.2, -0.15) is 4.68 Å². The smallest absolute Gasteiger partial charge is 0.271 e. The number of nitrogens with zero attached hydrogens (tertiary/aromatic N) is 2. The molecule has 1 amide bonds. The third-order valence-electron chi connectivity index (χ3n) is 4.80. The summed E-state index contributed by atoms with van der Waals surface area (Å²) in [7, 11) is 0. The quantitative estimate of drug-likeness (QED) is 0.526. The van der Waals surface area contributed by atoms with Gasteiger partial charge in [-0.3, -0.25) is 9.59 Å². The molecule has 32 heavy (non-hydrogen) atoms. The maximum Gasteiger partial charge on any atom is 0.271 e. The first-order valence-corrected chi connectivity index (χ1v) is 10.8. The molecule has 0 radical (unpaired) electrons. The van der Waals surface area contributed by atoms with Gasteiger partial charge >= 0.3 is 0 Å². The number of ether oxygens (including phenoxy) is 2. The Hall–Kier alpha value is -3.32. The maximum atomic E-state index is 12.7. The highest BCUT2D eigenvalue weighted by molar-refractivity contribution is 6.30. The lowest BCUT2D eigenvalue weighted by Crippen LogP contribution is -2.38. The predicted molar refractivity (Wildman–Crippen MR) is 124 cm³/mol. The molecule has 0 aliphatic heterocycles. The van der Waals surface area contributed by atoms with Crippen LogP contribution < -0.4 is 20.3 Å². The van der Waals surface area contributed by atoms with Crippen LogP contribution in [0.5, 0.6) is 11.6 Å². The number of aromatic nitrogens is 2. The van der Waals surface area contributed by atoms with Crippen LogP contribution in [-0.4, -0.2) is 28.4 Å². The highest BCUT2D eigenvalue weighted by atomic mass is 35.5. The molecule has 1 aromatic heterocycles. The number of hydrogen-bond donors (Lipinski definition) is 1. The Balaban J connectivity index is 1.70. The molecule has 0 spiro atoms. The molecule has 0 unspecified atom stereocenters. The molecule has 7 nitrogen and oxygen atoms in total. The van der Waals surface area contributed by atoms with E-state index in [9.17, 15) is 9.59 Å². The van der Waals surface area contributed by atoms with E-state index in [0.717, 1.165) is 16.9 Å². The minimum absolute atomic E-state index is 0.173. The topological polar surface area (TPSA) is 82.5 Å². The minimum Gasteiger partial charge on any atom is -0.494 e. The molecule has 2 aromatic carbocycles. The van der Waals surface area contributed by atoms with E-state index in [1.54, 1.807) is 12.1 Å². The first kappa shape index (κ1) is 23.3. The van der Waals surface area contributed by atoms with Crippen molar-refractivity contribution < 1.29 is 14.3 Å². The molecule has 3 rings (SSSR count). The van der Waals surface area contributed by atoms with Gasteiger partial charge in [-0.25, -0.2) is 0 Å². The fraction of sp³-hybridized carbons (Fsp3) is 0.292. The molecule has 0 fully saturated rings. The van der Waals surface area contributed by atoms with Crippen LogP contribution in [0.4, 0.5) is 0 Å². The zero-order valence-electron chi connectivity index (χ0n) is 18.3. The van der Waals surface area contributed by atoms with Gasteiger partial charge in [0.1, 0.15) is 5.75 Å². The van der Waals surface area contributed by atoms with Crippen molar-refractivity contribution in [3.63, 3.8) is 0 Å². The Morgan fingerprint density at radius 2 is 1.88 bits per heavy atom. The molecule has 1 atom stereocenters. The summed E-state index contributed by atoms with van der Waals surface area (Å²) in [5.74, 6) is 0.695. The summed E-state index contributed by atoms with van der Waals surface area (Å²) in [5.41, 5.74) is 2.01. The van der Waals surface area contributed by atoms with Crippen LogP contribution in [0.25, 0.3) is 5.69 Å². The fourth-order valence-electron chi connectivity index (χ4n) is 3.08. The highest BCUT2D eigenvalue weighted by Crippen LogP contribution is 2.19. The lowest BCUT2D eigenvalue weighted by atomic mass is 10.2. The first-order chi connectivity index (χ1) is 15.4. The molecular formula is C24H26ClN3O4. The van der Waals surface area contributed by atoms with Crippen LogP contribution >= 0.6 is 11.6 Å². The van der Waals surface area contributed by atoms with Gasteiger partial charge in [0.25, 0.3) is 11.5 Å². The van der Waals surface area contributed by atoms with E-state index in [1.807, 2.05) is 51.1 Å². The lowest BCUT2D eigenvalue weighted by Gasteiger charge is -2.17. The number of nitrogens with one attached hydrogen (secondary N) is 1. The Morgan fingerprint density at radius 1 is 1.12 bits per heavy atom. The Kier molecular flexibility index (Phi) is 7.89. The van der Waals surface area contributed by atoms with Crippen molar-refractivity contribution in [2.24, 2.45) is 0 Å². The molecule has 0 saturated carbocycles. The van der Waals surface area contributed by atoms with E-state index in [0.29, 0.717) is 30.3 Å². The highest BCUT2D eigenvalue weighted by Gasteiger charge is 2.19. The number of carbonyl (C=O) groups excluding carboxylic acids is 1. The molecule has 8 heteroatoms. The van der Waals surface area contributed by atoms with Crippen LogP contribution in [0.15, 0.2) is 59.4 Å². The molecule has 0 aliphatic rings. The van der Waals surface area contributed by atoms with Crippen molar-refractivity contribution in [1.82, 2.24) is 15.1 Å². The second-order valence-electron chi connectivity index (χ2n) is 7.16. The van der Waals surface area contributed by atoms with Crippen molar-refractivity contribution >= 4 is 17.5 Å². The van der Waals surface area contributed by atoms with Gasteiger partial charge < -0.3 is 14.8 Å². The first-order valence-electron chi connectivity index (χ1n) is 10.4. The second-order valence-corrected chi connectivity index (χ2v) is 7.60. The summed E-state index contributed by atoms with van der Waals surface area (Å²) in [6, 6.07) is 15.6. The normalized spacial score (nSPS) is 11.6. The third kappa shape index (κ3) is 5.88. The van der Waals surface area contributed by atoms with Crippen molar-refractivity contribution in [2.45, 2.75) is 39.8 Å². The number of aryl methyl sites for hydroxylation is 1. The van der Waals surface area contributed by atoms with Gasteiger partial charge in [0.15, 0.2) is 6.10 Å². The van der Waals surface area contributed by atoms with E-state index in [1.165, 1.54) is 16.8 Å². The Morgan fingerprint density at radius 3 is 2.56 bits per heavy atom. The molecule has 168 valence electrons. The van der Waals surface area contributed by atoms with Gasteiger partial charge in [0, 0.05) is 23.7 Å². The Labute approximate surface area is 191 Å². The van der Waals surface area contributed by atoms with Gasteiger partial charge in [0.05, 0.1) is 12.3 Å². The number of amides is 1. The third-order valence-corrected chi connectivity index (χ3v) is 5.04. The van der Waals surface area contributed by atoms with Gasteiger partial charge in [0.2, 0.25) is 5.88 Å². The molecule has 1 N–H and O–H groups in total. The van der Waals surface area contributed by atoms with Crippen molar-refractivity contribution in [3.8, 4) is 17.3 Å². The molecular weight excluding hydrogens is 430 g/mol. The number of rotatable bonds is 9. The summed E-state index contributed by atoms with van der Waals surface area (Å²) < 4.78 is 12.5. The molecule has 0 aliphatic carbocycles. The van der Waals surface area contributed by atoms with E-state index in [2.05, 4.69) is 10.4 Å². The van der Waals surface area contributed by atoms with Gasteiger partial charge in [-0.05, 0) is 55.7 Å². The zero-order chi connectivity index (χ0) is 23.1. The lowest BCUT2D eigenvalue weighted by molar-refractivity contribution is -0.128. The summed E-state index contributed by atoms with van der Waals surface area (Å²) >= 11 is 6.08. The molecule has 1 heterocycles. The number of benzene rings is 2. The minimum atomic E-state index is -0.753. The Bertz CT molecular complexity index is 1130. The van der Waals surface area contributed by atoms with E-state index in [-0.39, 0.29) is 17.3 Å². The van der Waals surface area contributed by atoms with E-state index >= 15 is 0 Å². The zero-order valence-corrected chi connectivity index (χ0v) is 19.1. The van der Waals surface area contributed by atoms with Crippen molar-refractivity contribution in [2.75, 3.05) is 6.61 Å². The molecule has 0 saturated heterocycles. The van der Waals surface area contributed by atoms with Crippen LogP contribution in [0.2, 0.25) is 5.02 Å². The predicted octanol–water partition coefficient (Wildman–Crippen LogP) is 4.07. The number of halogens is 1. The number of carbonyl (C=O) groups is 1. The summed E-state index contributed by atoms with van der Waals surface area (Å²) in [5, 5.41) is 7.66. The van der Waals surface area contributed by atoms with Crippen LogP contribution in [-0.2, 0) is 11.3 Å². The molecule has 0 bridgehead atoms. The van der Waals surface area contributed by atoms with E-state index < -0.39 is 6.10 Å². The van der Waals surface area contributed by atoms with E-state index in [4.69, 9.17) is 21.1 Å². The molecule has 3 aromatic rings. The SMILES string of the molecule is CCOc1ccc(CNC(=O)[C@H](CC)Oc2ccc(=O)n(-c3cc(Cl)ccc3C)n2)cc1.